The first kappa shape index (κ1) is 14.7. The van der Waals surface area contributed by atoms with E-state index in [2.05, 4.69) is 15.3 Å². The van der Waals surface area contributed by atoms with Gasteiger partial charge in [-0.15, -0.1) is 0 Å². The monoisotopic (exact) mass is 288 g/mol. The first-order valence-electron chi connectivity index (χ1n) is 6.47. The lowest BCUT2D eigenvalue weighted by Gasteiger charge is -2.10. The zero-order valence-corrected chi connectivity index (χ0v) is 12.0. The third-order valence-electron chi connectivity index (χ3n) is 2.74. The van der Waals surface area contributed by atoms with Crippen LogP contribution in [0.15, 0.2) is 30.6 Å². The van der Waals surface area contributed by atoms with Gasteiger partial charge in [-0.05, 0) is 38.1 Å². The quantitative estimate of drug-likeness (QED) is 0.672. The fraction of sp³-hybridized carbons (Fsp3) is 0.286. The molecule has 1 heterocycles. The predicted molar refractivity (Wildman–Crippen MR) is 79.4 cm³/mol. The molecule has 2 rings (SSSR count). The van der Waals surface area contributed by atoms with Crippen LogP contribution in [0.25, 0.3) is 11.3 Å². The first-order chi connectivity index (χ1) is 10.0. The van der Waals surface area contributed by atoms with Gasteiger partial charge in [0.2, 0.25) is 5.82 Å². The molecule has 2 aromatic rings. The highest BCUT2D eigenvalue weighted by Gasteiger charge is 2.23. The molecule has 0 saturated heterocycles. The van der Waals surface area contributed by atoms with Gasteiger partial charge in [0, 0.05) is 12.6 Å². The molecule has 0 aliphatic rings. The molecule has 1 aromatic carbocycles. The van der Waals surface area contributed by atoms with E-state index in [1.165, 1.54) is 6.33 Å². The maximum absolute atomic E-state index is 11.2. The van der Waals surface area contributed by atoms with Crippen molar-refractivity contribution in [2.45, 2.75) is 20.0 Å². The Balaban J connectivity index is 2.44. The van der Waals surface area contributed by atoms with E-state index in [1.54, 1.807) is 31.3 Å². The number of nitro groups is 1. The van der Waals surface area contributed by atoms with Crippen LogP contribution in [0.1, 0.15) is 13.8 Å². The fourth-order valence-electron chi connectivity index (χ4n) is 1.91. The van der Waals surface area contributed by atoms with E-state index in [9.17, 15) is 10.1 Å². The zero-order valence-electron chi connectivity index (χ0n) is 12.0. The van der Waals surface area contributed by atoms with Crippen molar-refractivity contribution in [3.05, 3.63) is 40.7 Å². The van der Waals surface area contributed by atoms with Crippen LogP contribution in [0.2, 0.25) is 0 Å². The minimum Gasteiger partial charge on any atom is -0.491 e. The van der Waals surface area contributed by atoms with Crippen molar-refractivity contribution >= 4 is 11.5 Å². The van der Waals surface area contributed by atoms with Crippen LogP contribution in [0.5, 0.6) is 5.75 Å². The second-order valence-corrected chi connectivity index (χ2v) is 4.62. The second kappa shape index (κ2) is 6.17. The van der Waals surface area contributed by atoms with E-state index in [0.29, 0.717) is 11.3 Å². The third-order valence-corrected chi connectivity index (χ3v) is 2.74. The highest BCUT2D eigenvalue weighted by atomic mass is 16.6. The number of hydrogen-bond donors (Lipinski definition) is 1. The number of aromatic nitrogens is 2. The minimum atomic E-state index is -0.486. The Labute approximate surface area is 122 Å². The Kier molecular flexibility index (Phi) is 4.32. The summed E-state index contributed by atoms with van der Waals surface area (Å²) >= 11 is 0. The van der Waals surface area contributed by atoms with Gasteiger partial charge >= 0.3 is 5.69 Å². The smallest absolute Gasteiger partial charge is 0.337 e. The lowest BCUT2D eigenvalue weighted by atomic mass is 10.1. The molecule has 0 aliphatic carbocycles. The van der Waals surface area contributed by atoms with Gasteiger partial charge in [0.1, 0.15) is 12.1 Å². The molecular formula is C14H16N4O3. The van der Waals surface area contributed by atoms with Crippen LogP contribution in [0.3, 0.4) is 0 Å². The molecule has 21 heavy (non-hydrogen) atoms. The van der Waals surface area contributed by atoms with E-state index < -0.39 is 4.92 Å². The summed E-state index contributed by atoms with van der Waals surface area (Å²) in [6, 6.07) is 7.01. The van der Waals surface area contributed by atoms with Crippen molar-refractivity contribution in [3.63, 3.8) is 0 Å². The number of hydrogen-bond acceptors (Lipinski definition) is 6. The summed E-state index contributed by atoms with van der Waals surface area (Å²) in [5.74, 6) is 0.895. The van der Waals surface area contributed by atoms with Crippen LogP contribution in [0, 0.1) is 10.1 Å². The number of rotatable bonds is 5. The summed E-state index contributed by atoms with van der Waals surface area (Å²) in [5.41, 5.74) is 0.768. The highest BCUT2D eigenvalue weighted by molar-refractivity contribution is 5.76. The van der Waals surface area contributed by atoms with Crippen molar-refractivity contribution in [1.82, 2.24) is 9.97 Å². The molecule has 0 aliphatic heterocycles. The minimum absolute atomic E-state index is 0.0696. The van der Waals surface area contributed by atoms with E-state index in [4.69, 9.17) is 4.74 Å². The van der Waals surface area contributed by atoms with E-state index in [1.807, 2.05) is 13.8 Å². The average Bonchev–Trinajstić information content (AvgIpc) is 2.46. The van der Waals surface area contributed by atoms with E-state index >= 15 is 0 Å². The number of nitrogens with one attached hydrogen (secondary N) is 1. The molecule has 7 nitrogen and oxygen atoms in total. The average molecular weight is 288 g/mol. The molecule has 0 atom stereocenters. The molecule has 0 unspecified atom stereocenters. The Bertz CT molecular complexity index is 641. The van der Waals surface area contributed by atoms with Gasteiger partial charge in [-0.25, -0.2) is 9.97 Å². The molecule has 1 N–H and O–H groups in total. The van der Waals surface area contributed by atoms with Crippen LogP contribution in [-0.2, 0) is 0 Å². The zero-order chi connectivity index (χ0) is 15.4. The summed E-state index contributed by atoms with van der Waals surface area (Å²) in [5, 5.41) is 14.0. The van der Waals surface area contributed by atoms with Crippen LogP contribution >= 0.6 is 0 Å². The first-order valence-corrected chi connectivity index (χ1v) is 6.47. The number of nitrogens with zero attached hydrogens (tertiary/aromatic N) is 3. The molecule has 0 fully saturated rings. The predicted octanol–water partition coefficient (Wildman–Crippen LogP) is 2.88. The Morgan fingerprint density at radius 2 is 1.90 bits per heavy atom. The molecule has 1 aromatic heterocycles. The van der Waals surface area contributed by atoms with Crippen molar-refractivity contribution in [1.29, 1.82) is 0 Å². The molecule has 0 saturated carbocycles. The molecule has 0 amide bonds. The molecular weight excluding hydrogens is 272 g/mol. The summed E-state index contributed by atoms with van der Waals surface area (Å²) in [4.78, 5) is 18.7. The molecule has 0 spiro atoms. The largest absolute Gasteiger partial charge is 0.491 e. The summed E-state index contributed by atoms with van der Waals surface area (Å²) in [6.45, 7) is 3.87. The fourth-order valence-corrected chi connectivity index (χ4v) is 1.91. The summed E-state index contributed by atoms with van der Waals surface area (Å²) in [7, 11) is 1.58. The lowest BCUT2D eigenvalue weighted by Crippen LogP contribution is -2.05. The van der Waals surface area contributed by atoms with Gasteiger partial charge in [0.15, 0.2) is 5.69 Å². The van der Waals surface area contributed by atoms with Crippen LogP contribution in [0.4, 0.5) is 11.5 Å². The molecule has 0 bridgehead atoms. The van der Waals surface area contributed by atoms with Gasteiger partial charge in [0.25, 0.3) is 0 Å². The van der Waals surface area contributed by atoms with Crippen LogP contribution < -0.4 is 10.1 Å². The van der Waals surface area contributed by atoms with Crippen molar-refractivity contribution in [2.75, 3.05) is 12.4 Å². The number of anilines is 1. The molecule has 0 radical (unpaired) electrons. The van der Waals surface area contributed by atoms with Crippen molar-refractivity contribution in [2.24, 2.45) is 0 Å². The number of benzene rings is 1. The van der Waals surface area contributed by atoms with Gasteiger partial charge in [-0.3, -0.25) is 10.1 Å². The van der Waals surface area contributed by atoms with Gasteiger partial charge in [-0.1, -0.05) is 0 Å². The van der Waals surface area contributed by atoms with Crippen molar-refractivity contribution < 1.29 is 9.66 Å². The highest BCUT2D eigenvalue weighted by Crippen LogP contribution is 2.33. The van der Waals surface area contributed by atoms with Gasteiger partial charge in [-0.2, -0.15) is 0 Å². The lowest BCUT2D eigenvalue weighted by molar-refractivity contribution is -0.383. The SMILES string of the molecule is CNc1ncnc(-c2ccc(OC(C)C)cc2)c1[N+](=O)[O-]. The van der Waals surface area contributed by atoms with Crippen molar-refractivity contribution in [3.8, 4) is 17.0 Å². The van der Waals surface area contributed by atoms with Gasteiger partial charge in [0.05, 0.1) is 11.0 Å². The normalized spacial score (nSPS) is 10.5. The Morgan fingerprint density at radius 1 is 1.24 bits per heavy atom. The van der Waals surface area contributed by atoms with Crippen LogP contribution in [-0.4, -0.2) is 28.0 Å². The maximum Gasteiger partial charge on any atom is 0.337 e. The number of ether oxygens (including phenoxy) is 1. The standard InChI is InChI=1S/C14H16N4O3/c1-9(2)21-11-6-4-10(5-7-11)12-13(18(19)20)14(15-3)17-8-16-12/h4-9H,1-3H3,(H,15,16,17). The van der Waals surface area contributed by atoms with E-state index in [0.717, 1.165) is 0 Å². The van der Waals surface area contributed by atoms with Gasteiger partial charge < -0.3 is 10.1 Å². The van der Waals surface area contributed by atoms with E-state index in [-0.39, 0.29) is 23.3 Å². The second-order valence-electron chi connectivity index (χ2n) is 4.62. The molecule has 7 heteroatoms. The Hall–Kier alpha value is -2.70. The summed E-state index contributed by atoms with van der Waals surface area (Å²) < 4.78 is 5.55. The molecule has 110 valence electrons. The third kappa shape index (κ3) is 3.25. The summed E-state index contributed by atoms with van der Waals surface area (Å²) in [6.07, 6.45) is 1.37. The Morgan fingerprint density at radius 3 is 2.43 bits per heavy atom. The topological polar surface area (TPSA) is 90.2 Å². The maximum atomic E-state index is 11.2.